The zero-order chi connectivity index (χ0) is 26.9. The van der Waals surface area contributed by atoms with E-state index in [1.807, 2.05) is 54.6 Å². The van der Waals surface area contributed by atoms with Gasteiger partial charge in [0.15, 0.2) is 6.61 Å². The van der Waals surface area contributed by atoms with Crippen molar-refractivity contribution in [1.82, 2.24) is 10.2 Å². The Balaban J connectivity index is 1.63. The SMILES string of the molecule is CCc1ccc(OCC(=O)N(Cc2c(Cl)cccc2Cl)[C@@H](Cc2ccccc2)C(=O)NC2CCCC2)cc1. The molecule has 0 aliphatic heterocycles. The van der Waals surface area contributed by atoms with Crippen molar-refractivity contribution in [2.45, 2.75) is 64.1 Å². The third kappa shape index (κ3) is 7.52. The summed E-state index contributed by atoms with van der Waals surface area (Å²) in [7, 11) is 0. The van der Waals surface area contributed by atoms with E-state index < -0.39 is 6.04 Å². The zero-order valence-electron chi connectivity index (χ0n) is 21.7. The summed E-state index contributed by atoms with van der Waals surface area (Å²) < 4.78 is 5.87. The molecule has 0 saturated heterocycles. The van der Waals surface area contributed by atoms with E-state index in [-0.39, 0.29) is 31.0 Å². The van der Waals surface area contributed by atoms with Gasteiger partial charge in [0.1, 0.15) is 11.8 Å². The third-order valence-electron chi connectivity index (χ3n) is 7.06. The molecule has 1 aliphatic carbocycles. The van der Waals surface area contributed by atoms with E-state index in [1.54, 1.807) is 23.1 Å². The molecular formula is C31H34Cl2N2O3. The first kappa shape index (κ1) is 28.0. The smallest absolute Gasteiger partial charge is 0.261 e. The minimum Gasteiger partial charge on any atom is -0.484 e. The van der Waals surface area contributed by atoms with Gasteiger partial charge in [0.25, 0.3) is 5.91 Å². The number of carbonyl (C=O) groups excluding carboxylic acids is 2. The minimum atomic E-state index is -0.760. The van der Waals surface area contributed by atoms with Gasteiger partial charge in [-0.15, -0.1) is 0 Å². The first-order valence-corrected chi connectivity index (χ1v) is 14.0. The summed E-state index contributed by atoms with van der Waals surface area (Å²) in [5, 5.41) is 4.09. The van der Waals surface area contributed by atoms with Crippen LogP contribution in [0.4, 0.5) is 0 Å². The first-order chi connectivity index (χ1) is 18.4. The van der Waals surface area contributed by atoms with Gasteiger partial charge in [-0.2, -0.15) is 0 Å². The standard InChI is InChI=1S/C31H34Cl2N2O3/c1-2-22-15-17-25(18-16-22)38-21-30(36)35(20-26-27(32)13-8-14-28(26)33)29(19-23-9-4-3-5-10-23)31(37)34-24-11-6-7-12-24/h3-5,8-10,13-18,24,29H,2,6-7,11-12,19-21H2,1H3,(H,34,37)/t29-/m0/s1. The van der Waals surface area contributed by atoms with Gasteiger partial charge >= 0.3 is 0 Å². The zero-order valence-corrected chi connectivity index (χ0v) is 23.2. The van der Waals surface area contributed by atoms with Crippen molar-refractivity contribution in [3.05, 3.63) is 99.5 Å². The molecule has 0 bridgehead atoms. The number of hydrogen-bond acceptors (Lipinski definition) is 3. The summed E-state index contributed by atoms with van der Waals surface area (Å²) >= 11 is 13.0. The molecule has 7 heteroatoms. The van der Waals surface area contributed by atoms with Gasteiger partial charge in [0.2, 0.25) is 5.91 Å². The average Bonchev–Trinajstić information content (AvgIpc) is 3.44. The van der Waals surface area contributed by atoms with Crippen LogP contribution in [0.15, 0.2) is 72.8 Å². The Morgan fingerprint density at radius 2 is 1.58 bits per heavy atom. The number of nitrogens with one attached hydrogen (secondary N) is 1. The number of halogens is 2. The highest BCUT2D eigenvalue weighted by molar-refractivity contribution is 6.36. The van der Waals surface area contributed by atoms with Crippen LogP contribution in [0.1, 0.15) is 49.3 Å². The summed E-state index contributed by atoms with van der Waals surface area (Å²) in [6, 6.07) is 22.0. The molecule has 0 unspecified atom stereocenters. The number of hydrogen-bond donors (Lipinski definition) is 1. The predicted molar refractivity (Wildman–Crippen MR) is 153 cm³/mol. The Kier molecular flexibility index (Phi) is 10.1. The highest BCUT2D eigenvalue weighted by atomic mass is 35.5. The Labute approximate surface area is 235 Å². The second-order valence-corrected chi connectivity index (χ2v) is 10.5. The number of nitrogens with zero attached hydrogens (tertiary/aromatic N) is 1. The van der Waals surface area contributed by atoms with Gasteiger partial charge in [0.05, 0.1) is 0 Å². The molecule has 1 aliphatic rings. The maximum Gasteiger partial charge on any atom is 0.261 e. The fourth-order valence-electron chi connectivity index (χ4n) is 4.82. The highest BCUT2D eigenvalue weighted by Crippen LogP contribution is 2.28. The number of carbonyl (C=O) groups is 2. The molecule has 38 heavy (non-hydrogen) atoms. The topological polar surface area (TPSA) is 58.6 Å². The molecule has 3 aromatic rings. The fourth-order valence-corrected chi connectivity index (χ4v) is 5.34. The monoisotopic (exact) mass is 552 g/mol. The average molecular weight is 554 g/mol. The molecule has 1 N–H and O–H groups in total. The number of aryl methyl sites for hydroxylation is 1. The van der Waals surface area contributed by atoms with E-state index in [0.717, 1.165) is 37.7 Å². The van der Waals surface area contributed by atoms with Crippen molar-refractivity contribution in [1.29, 1.82) is 0 Å². The lowest BCUT2D eigenvalue weighted by Gasteiger charge is -2.32. The van der Waals surface area contributed by atoms with Crippen LogP contribution in [0, 0.1) is 0 Å². The molecule has 3 aromatic carbocycles. The van der Waals surface area contributed by atoms with Crippen LogP contribution < -0.4 is 10.1 Å². The summed E-state index contributed by atoms with van der Waals surface area (Å²) in [4.78, 5) is 29.1. The van der Waals surface area contributed by atoms with E-state index in [9.17, 15) is 9.59 Å². The van der Waals surface area contributed by atoms with E-state index in [4.69, 9.17) is 27.9 Å². The van der Waals surface area contributed by atoms with Crippen molar-refractivity contribution in [3.63, 3.8) is 0 Å². The molecule has 200 valence electrons. The molecule has 1 fully saturated rings. The summed E-state index contributed by atoms with van der Waals surface area (Å²) in [6.07, 6.45) is 5.37. The van der Waals surface area contributed by atoms with Gasteiger partial charge in [-0.05, 0) is 54.7 Å². The molecule has 0 spiro atoms. The maximum atomic E-state index is 13.8. The molecule has 4 rings (SSSR count). The van der Waals surface area contributed by atoms with E-state index in [1.165, 1.54) is 5.56 Å². The lowest BCUT2D eigenvalue weighted by atomic mass is 10.0. The molecule has 1 saturated carbocycles. The summed E-state index contributed by atoms with van der Waals surface area (Å²) in [5.74, 6) is 0.105. The predicted octanol–water partition coefficient (Wildman–Crippen LogP) is 6.63. The molecule has 0 heterocycles. The summed E-state index contributed by atoms with van der Waals surface area (Å²) in [6.45, 7) is 1.96. The first-order valence-electron chi connectivity index (χ1n) is 13.2. The molecule has 0 aromatic heterocycles. The highest BCUT2D eigenvalue weighted by Gasteiger charge is 2.33. The quantitative estimate of drug-likeness (QED) is 0.290. The minimum absolute atomic E-state index is 0.0884. The van der Waals surface area contributed by atoms with Gasteiger partial charge in [-0.3, -0.25) is 9.59 Å². The summed E-state index contributed by atoms with van der Waals surface area (Å²) in [5.41, 5.74) is 2.74. The van der Waals surface area contributed by atoms with Crippen molar-refractivity contribution in [3.8, 4) is 5.75 Å². The fraction of sp³-hybridized carbons (Fsp3) is 0.355. The number of rotatable bonds is 11. The largest absolute Gasteiger partial charge is 0.484 e. The van der Waals surface area contributed by atoms with Crippen LogP contribution in [0.25, 0.3) is 0 Å². The molecular weight excluding hydrogens is 519 g/mol. The van der Waals surface area contributed by atoms with E-state index in [0.29, 0.717) is 27.8 Å². The third-order valence-corrected chi connectivity index (χ3v) is 7.76. The van der Waals surface area contributed by atoms with Crippen LogP contribution in [-0.4, -0.2) is 35.4 Å². The Morgan fingerprint density at radius 1 is 0.921 bits per heavy atom. The van der Waals surface area contributed by atoms with E-state index >= 15 is 0 Å². The molecule has 2 amide bonds. The second kappa shape index (κ2) is 13.7. The van der Waals surface area contributed by atoms with Gasteiger partial charge in [-0.1, -0.05) is 91.5 Å². The lowest BCUT2D eigenvalue weighted by molar-refractivity contribution is -0.143. The molecule has 1 atom stereocenters. The molecule has 0 radical (unpaired) electrons. The Morgan fingerprint density at radius 3 is 2.21 bits per heavy atom. The van der Waals surface area contributed by atoms with Crippen molar-refractivity contribution < 1.29 is 14.3 Å². The maximum absolute atomic E-state index is 13.8. The number of amides is 2. The molecule has 5 nitrogen and oxygen atoms in total. The number of ether oxygens (including phenoxy) is 1. The Hall–Kier alpha value is -3.02. The van der Waals surface area contributed by atoms with Crippen molar-refractivity contribution in [2.24, 2.45) is 0 Å². The van der Waals surface area contributed by atoms with Gasteiger partial charge < -0.3 is 15.0 Å². The van der Waals surface area contributed by atoms with Crippen molar-refractivity contribution in [2.75, 3.05) is 6.61 Å². The van der Waals surface area contributed by atoms with Crippen molar-refractivity contribution >= 4 is 35.0 Å². The number of benzene rings is 3. The van der Waals surface area contributed by atoms with Crippen LogP contribution in [0.3, 0.4) is 0 Å². The van der Waals surface area contributed by atoms with Crippen LogP contribution in [0.2, 0.25) is 10.0 Å². The second-order valence-electron chi connectivity index (χ2n) is 9.70. The van der Waals surface area contributed by atoms with Crippen LogP contribution in [-0.2, 0) is 29.0 Å². The van der Waals surface area contributed by atoms with E-state index in [2.05, 4.69) is 12.2 Å². The lowest BCUT2D eigenvalue weighted by Crippen LogP contribution is -2.53. The van der Waals surface area contributed by atoms with Gasteiger partial charge in [-0.25, -0.2) is 0 Å². The van der Waals surface area contributed by atoms with Gasteiger partial charge in [0, 0.05) is 34.6 Å². The normalized spacial score (nSPS) is 14.2. The van der Waals surface area contributed by atoms with Crippen LogP contribution >= 0.6 is 23.2 Å². The van der Waals surface area contributed by atoms with Crippen LogP contribution in [0.5, 0.6) is 5.75 Å². The Bertz CT molecular complexity index is 1190.